The lowest BCUT2D eigenvalue weighted by Gasteiger charge is -2.29. The van der Waals surface area contributed by atoms with E-state index in [0.29, 0.717) is 32.1 Å². The number of likely N-dealkylation sites (tertiary alicyclic amines) is 1. The highest BCUT2D eigenvalue weighted by Gasteiger charge is 2.40. The Kier molecular flexibility index (Phi) is 37.1. The molecule has 0 saturated carbocycles. The summed E-state index contributed by atoms with van der Waals surface area (Å²) in [5.74, 6) is -12.3. The van der Waals surface area contributed by atoms with Crippen molar-refractivity contribution in [2.75, 3.05) is 45.8 Å². The van der Waals surface area contributed by atoms with Crippen LogP contribution in [0.4, 0.5) is 0 Å². The Morgan fingerprint density at radius 2 is 0.820 bits per heavy atom. The molecule has 11 atom stereocenters. The molecule has 1 heterocycles. The summed E-state index contributed by atoms with van der Waals surface area (Å²) in [5.41, 5.74) is 50.0. The number of nitrogens with zero attached hydrogens (tertiary/aromatic N) is 4. The number of nitrogens with two attached hydrogens (primary N) is 9. The number of unbranched alkanes of at least 4 members (excludes halogenated alkanes) is 2. The van der Waals surface area contributed by atoms with Crippen LogP contribution in [-0.4, -0.2) is 221 Å². The topological polar surface area (TPSA) is 648 Å². The number of hydrogen-bond acceptors (Lipinski definition) is 19. The standard InChI is InChI=1S/C52H96N22O15/c1-27(40(80)66-28(2)41(81)68-31(12-4-6-20-53)44(84)70-32(13-5-7-21-54)45(85)69-30(14-8-22-62-50(56)57)42(82)65-26-38(78)79)67-43(83)33(15-9-23-63-51(58)59)71-47(87)35(18-19-37(76)77)72-46(86)34(16-10-24-64-52(60)61)73-48(88)36-17-11-25-74(36)49(89)39(55)29(3)75/h27-36,39,75H,4-26,53-55H2,1-3H3,(H,65,82)(H,66,80)(H,67,83)(H,68,81)(H,69,85)(H,70,84)(H,71,87)(H,72,86)(H,73,88)(H,76,77)(H,78,79)(H4,56,57,62)(H4,58,59,63)(H4,60,61,64)/t27-,28-,29+,30-,31-,32-,33-,34-,35-,36-,39-/m0/s1. The summed E-state index contributed by atoms with van der Waals surface area (Å²) in [6.07, 6.45) is -0.426. The number of hydrogen-bond donors (Lipinski definition) is 21. The number of carbonyl (C=O) groups is 12. The Morgan fingerprint density at radius 1 is 0.472 bits per heavy atom. The van der Waals surface area contributed by atoms with Crippen molar-refractivity contribution in [2.45, 2.75) is 190 Å². The molecule has 0 aromatic carbocycles. The monoisotopic (exact) mass is 1270 g/mol. The third-order valence-corrected chi connectivity index (χ3v) is 13.7. The van der Waals surface area contributed by atoms with Crippen LogP contribution in [-0.2, 0) is 57.5 Å². The third kappa shape index (κ3) is 31.7. The van der Waals surface area contributed by atoms with Crippen molar-refractivity contribution in [1.29, 1.82) is 0 Å². The molecule has 1 fully saturated rings. The van der Waals surface area contributed by atoms with Gasteiger partial charge in [-0.05, 0) is 130 Å². The van der Waals surface area contributed by atoms with Crippen molar-refractivity contribution in [3.05, 3.63) is 0 Å². The number of aliphatic carboxylic acids is 2. The summed E-state index contributed by atoms with van der Waals surface area (Å²) in [7, 11) is 0. The first kappa shape index (κ1) is 78.3. The highest BCUT2D eigenvalue weighted by Crippen LogP contribution is 2.20. The first-order valence-corrected chi connectivity index (χ1v) is 29.4. The van der Waals surface area contributed by atoms with Gasteiger partial charge in [0, 0.05) is 32.6 Å². The molecule has 10 amide bonds. The SMILES string of the molecule is C[C@H](NC(=O)[C@H](C)NC(=O)[C@H](CCCN=C(N)N)NC(=O)[C@H](CCC(=O)O)NC(=O)[C@H](CCCN=C(N)N)NC(=O)[C@@H]1CCCN1C(=O)[C@@H](N)[C@@H](C)O)C(=O)N[C@@H](CCCCN)C(=O)N[C@@H](CCCCN)C(=O)N[C@@H](CCCN=C(N)N)C(=O)NCC(=O)O. The second-order valence-electron chi connectivity index (χ2n) is 21.2. The van der Waals surface area contributed by atoms with E-state index in [1.54, 1.807) is 0 Å². The molecule has 89 heavy (non-hydrogen) atoms. The van der Waals surface area contributed by atoms with E-state index in [0.717, 1.165) is 0 Å². The number of guanidine groups is 3. The van der Waals surface area contributed by atoms with E-state index in [9.17, 15) is 67.7 Å². The van der Waals surface area contributed by atoms with Gasteiger partial charge in [0.15, 0.2) is 17.9 Å². The van der Waals surface area contributed by atoms with Gasteiger partial charge in [-0.1, -0.05) is 0 Å². The van der Waals surface area contributed by atoms with Crippen LogP contribution in [0.3, 0.4) is 0 Å². The van der Waals surface area contributed by atoms with E-state index in [1.807, 2.05) is 0 Å². The van der Waals surface area contributed by atoms with Crippen LogP contribution in [0.5, 0.6) is 0 Å². The maximum Gasteiger partial charge on any atom is 0.322 e. The van der Waals surface area contributed by atoms with Crippen LogP contribution in [0, 0.1) is 0 Å². The van der Waals surface area contributed by atoms with Crippen LogP contribution in [0.2, 0.25) is 0 Å². The smallest absolute Gasteiger partial charge is 0.322 e. The average Bonchev–Trinajstić information content (AvgIpc) is 3.78. The van der Waals surface area contributed by atoms with Gasteiger partial charge in [-0.2, -0.15) is 0 Å². The van der Waals surface area contributed by atoms with Crippen LogP contribution >= 0.6 is 0 Å². The summed E-state index contributed by atoms with van der Waals surface area (Å²) < 4.78 is 0. The first-order chi connectivity index (χ1) is 41.9. The number of carbonyl (C=O) groups excluding carboxylic acids is 10. The minimum absolute atomic E-state index is 0.00362. The van der Waals surface area contributed by atoms with E-state index in [1.165, 1.54) is 25.7 Å². The molecule has 0 unspecified atom stereocenters. The summed E-state index contributed by atoms with van der Waals surface area (Å²) in [5, 5.41) is 51.2. The Balaban J connectivity index is 3.43. The molecule has 1 rings (SSSR count). The lowest BCUT2D eigenvalue weighted by molar-refractivity contribution is -0.142. The predicted molar refractivity (Wildman–Crippen MR) is 324 cm³/mol. The second kappa shape index (κ2) is 42.2. The average molecular weight is 1270 g/mol. The van der Waals surface area contributed by atoms with Gasteiger partial charge in [0.05, 0.1) is 6.10 Å². The van der Waals surface area contributed by atoms with Crippen LogP contribution < -0.4 is 99.5 Å². The summed E-state index contributed by atoms with van der Waals surface area (Å²) in [6, 6.07) is -13.8. The molecule has 0 bridgehead atoms. The van der Waals surface area contributed by atoms with Crippen molar-refractivity contribution < 1.29 is 72.9 Å². The molecule has 0 aliphatic carbocycles. The number of carboxylic acid groups (broad SMARTS) is 2. The quantitative estimate of drug-likeness (QED) is 0.0153. The molecule has 37 nitrogen and oxygen atoms in total. The van der Waals surface area contributed by atoms with Gasteiger partial charge >= 0.3 is 11.9 Å². The first-order valence-electron chi connectivity index (χ1n) is 29.4. The lowest BCUT2D eigenvalue weighted by Crippen LogP contribution is -2.60. The van der Waals surface area contributed by atoms with Crippen molar-refractivity contribution >= 4 is 88.9 Å². The zero-order valence-electron chi connectivity index (χ0n) is 50.8. The fourth-order valence-electron chi connectivity index (χ4n) is 8.80. The molecule has 1 aliphatic heterocycles. The number of nitrogens with one attached hydrogen (secondary N) is 9. The highest BCUT2D eigenvalue weighted by molar-refractivity contribution is 5.99. The molecule has 30 N–H and O–H groups in total. The van der Waals surface area contributed by atoms with Gasteiger partial charge < -0.3 is 120 Å². The van der Waals surface area contributed by atoms with Gasteiger partial charge in [0.1, 0.15) is 67.0 Å². The zero-order chi connectivity index (χ0) is 67.3. The van der Waals surface area contributed by atoms with E-state index < -0.39 is 157 Å². The van der Waals surface area contributed by atoms with E-state index in [-0.39, 0.29) is 115 Å². The Hall–Kier alpha value is -8.71. The largest absolute Gasteiger partial charge is 0.481 e. The molecule has 0 spiro atoms. The normalized spacial score (nSPS) is 16.0. The molecule has 0 radical (unpaired) electrons. The van der Waals surface area contributed by atoms with Gasteiger partial charge in [0.2, 0.25) is 59.1 Å². The fourth-order valence-corrected chi connectivity index (χ4v) is 8.80. The summed E-state index contributed by atoms with van der Waals surface area (Å²) in [4.78, 5) is 173. The fraction of sp³-hybridized carbons (Fsp3) is 0.712. The predicted octanol–water partition coefficient (Wildman–Crippen LogP) is -8.91. The number of carboxylic acids is 2. The molecule has 0 aromatic heterocycles. The van der Waals surface area contributed by atoms with Crippen LogP contribution in [0.1, 0.15) is 124 Å². The van der Waals surface area contributed by atoms with Crippen molar-refractivity contribution in [2.24, 2.45) is 66.6 Å². The molecule has 37 heteroatoms. The number of rotatable bonds is 44. The van der Waals surface area contributed by atoms with E-state index in [4.69, 9.17) is 56.7 Å². The van der Waals surface area contributed by atoms with Crippen LogP contribution in [0.15, 0.2) is 15.0 Å². The number of aliphatic hydroxyl groups excluding tert-OH is 1. The number of amides is 10. The molecule has 0 aromatic rings. The van der Waals surface area contributed by atoms with Crippen molar-refractivity contribution in [3.8, 4) is 0 Å². The van der Waals surface area contributed by atoms with Crippen LogP contribution in [0.25, 0.3) is 0 Å². The highest BCUT2D eigenvalue weighted by atomic mass is 16.4. The minimum Gasteiger partial charge on any atom is -0.481 e. The maximum atomic E-state index is 14.2. The number of aliphatic imine (C=N–C) groups is 3. The van der Waals surface area contributed by atoms with Gasteiger partial charge in [0.25, 0.3) is 0 Å². The van der Waals surface area contributed by atoms with Gasteiger partial charge in [-0.3, -0.25) is 72.5 Å². The maximum absolute atomic E-state index is 14.2. The molecule has 1 aliphatic rings. The Bertz CT molecular complexity index is 2460. The van der Waals surface area contributed by atoms with Gasteiger partial charge in [-0.15, -0.1) is 0 Å². The van der Waals surface area contributed by atoms with E-state index >= 15 is 0 Å². The van der Waals surface area contributed by atoms with Crippen molar-refractivity contribution in [1.82, 2.24) is 52.8 Å². The molecular weight excluding hydrogens is 1170 g/mol. The minimum atomic E-state index is -1.67. The molecular formula is C52H96N22O15. The third-order valence-electron chi connectivity index (χ3n) is 13.7. The summed E-state index contributed by atoms with van der Waals surface area (Å²) in [6.45, 7) is 3.68. The van der Waals surface area contributed by atoms with E-state index in [2.05, 4.69) is 62.8 Å². The van der Waals surface area contributed by atoms with Crippen molar-refractivity contribution in [3.63, 3.8) is 0 Å². The molecule has 504 valence electrons. The lowest BCUT2D eigenvalue weighted by atomic mass is 10.0. The summed E-state index contributed by atoms with van der Waals surface area (Å²) >= 11 is 0. The Labute approximate surface area is 515 Å². The Morgan fingerprint density at radius 3 is 1.20 bits per heavy atom. The second-order valence-corrected chi connectivity index (χ2v) is 21.2. The number of aliphatic hydroxyl groups is 1. The zero-order valence-corrected chi connectivity index (χ0v) is 50.8. The van der Waals surface area contributed by atoms with Gasteiger partial charge in [-0.25, -0.2) is 0 Å². The molecule has 1 saturated heterocycles.